The highest BCUT2D eigenvalue weighted by Crippen LogP contribution is 2.29. The van der Waals surface area contributed by atoms with E-state index in [1.807, 2.05) is 6.92 Å². The second-order valence-corrected chi connectivity index (χ2v) is 3.43. The SMILES string of the molecule is C[C@H]1CC[C@@H]2CC(=O)OC(=O)N21. The van der Waals surface area contributed by atoms with Crippen molar-refractivity contribution in [1.29, 1.82) is 0 Å². The molecule has 2 saturated heterocycles. The zero-order valence-corrected chi connectivity index (χ0v) is 6.95. The molecule has 0 aromatic carbocycles. The number of carbonyl (C=O) groups excluding carboxylic acids is 2. The van der Waals surface area contributed by atoms with Gasteiger partial charge >= 0.3 is 12.1 Å². The van der Waals surface area contributed by atoms with Gasteiger partial charge in [-0.25, -0.2) is 4.79 Å². The van der Waals surface area contributed by atoms with Gasteiger partial charge in [0.05, 0.1) is 6.42 Å². The molecule has 2 rings (SSSR count). The van der Waals surface area contributed by atoms with Crippen molar-refractivity contribution in [3.05, 3.63) is 0 Å². The summed E-state index contributed by atoms with van der Waals surface area (Å²) in [4.78, 5) is 23.7. The highest BCUT2D eigenvalue weighted by Gasteiger charge is 2.41. The number of ether oxygens (including phenoxy) is 1. The van der Waals surface area contributed by atoms with E-state index in [0.717, 1.165) is 12.8 Å². The van der Waals surface area contributed by atoms with Gasteiger partial charge in [-0.1, -0.05) is 0 Å². The Morgan fingerprint density at radius 2 is 2.17 bits per heavy atom. The van der Waals surface area contributed by atoms with Gasteiger partial charge in [0.15, 0.2) is 0 Å². The maximum absolute atomic E-state index is 11.2. The smallest absolute Gasteiger partial charge is 0.376 e. The minimum Gasteiger partial charge on any atom is -0.376 e. The number of hydrogen-bond donors (Lipinski definition) is 0. The summed E-state index contributed by atoms with van der Waals surface area (Å²) >= 11 is 0. The van der Waals surface area contributed by atoms with Crippen molar-refractivity contribution in [2.24, 2.45) is 0 Å². The maximum atomic E-state index is 11.2. The molecular weight excluding hydrogens is 158 g/mol. The predicted molar refractivity (Wildman–Crippen MR) is 40.4 cm³/mol. The van der Waals surface area contributed by atoms with Crippen molar-refractivity contribution in [3.63, 3.8) is 0 Å². The standard InChI is InChI=1S/C8H11NO3/c1-5-2-3-6-4-7(10)12-8(11)9(5)6/h5-6H,2-4H2,1H3/t5-,6+/m0/s1. The third-order valence-electron chi connectivity index (χ3n) is 2.60. The monoisotopic (exact) mass is 169 g/mol. The summed E-state index contributed by atoms with van der Waals surface area (Å²) in [6, 6.07) is 0.337. The average Bonchev–Trinajstić information content (AvgIpc) is 2.31. The number of amides is 1. The van der Waals surface area contributed by atoms with Crippen LogP contribution in [0.2, 0.25) is 0 Å². The van der Waals surface area contributed by atoms with Gasteiger partial charge in [-0.05, 0) is 19.8 Å². The van der Waals surface area contributed by atoms with Crippen molar-refractivity contribution in [3.8, 4) is 0 Å². The Bertz CT molecular complexity index is 238. The fraction of sp³-hybridized carbons (Fsp3) is 0.750. The first kappa shape index (κ1) is 7.58. The van der Waals surface area contributed by atoms with Gasteiger partial charge in [0.25, 0.3) is 0 Å². The second-order valence-electron chi connectivity index (χ2n) is 3.43. The van der Waals surface area contributed by atoms with E-state index in [9.17, 15) is 9.59 Å². The number of rotatable bonds is 0. The summed E-state index contributed by atoms with van der Waals surface area (Å²) in [5, 5.41) is 0. The molecule has 4 heteroatoms. The molecule has 2 aliphatic rings. The number of esters is 1. The van der Waals surface area contributed by atoms with Gasteiger partial charge in [0.1, 0.15) is 0 Å². The first-order valence-electron chi connectivity index (χ1n) is 4.21. The predicted octanol–water partition coefficient (Wildman–Crippen LogP) is 0.906. The molecule has 2 fully saturated rings. The molecule has 2 heterocycles. The van der Waals surface area contributed by atoms with Crippen LogP contribution in [-0.2, 0) is 9.53 Å². The Morgan fingerprint density at radius 3 is 2.92 bits per heavy atom. The zero-order chi connectivity index (χ0) is 8.72. The fourth-order valence-electron chi connectivity index (χ4n) is 1.99. The van der Waals surface area contributed by atoms with Crippen LogP contribution in [0.25, 0.3) is 0 Å². The first-order chi connectivity index (χ1) is 5.68. The van der Waals surface area contributed by atoms with Crippen molar-refractivity contribution in [1.82, 2.24) is 4.90 Å². The Balaban J connectivity index is 2.19. The minimum atomic E-state index is -0.457. The number of cyclic esters (lactones) is 2. The Hall–Kier alpha value is -1.06. The maximum Gasteiger partial charge on any atom is 0.418 e. The molecule has 2 atom stereocenters. The second kappa shape index (κ2) is 2.47. The zero-order valence-electron chi connectivity index (χ0n) is 6.95. The Labute approximate surface area is 70.5 Å². The van der Waals surface area contributed by atoms with Gasteiger partial charge in [0, 0.05) is 12.1 Å². The summed E-state index contributed by atoms with van der Waals surface area (Å²) in [5.41, 5.74) is 0. The summed E-state index contributed by atoms with van der Waals surface area (Å²) in [7, 11) is 0. The van der Waals surface area contributed by atoms with E-state index in [0.29, 0.717) is 6.42 Å². The number of nitrogens with zero attached hydrogens (tertiary/aromatic N) is 1. The molecule has 66 valence electrons. The van der Waals surface area contributed by atoms with Crippen LogP contribution in [0.1, 0.15) is 26.2 Å². The van der Waals surface area contributed by atoms with E-state index in [1.165, 1.54) is 0 Å². The molecule has 1 amide bonds. The summed E-state index contributed by atoms with van der Waals surface area (Å²) in [6.45, 7) is 1.98. The van der Waals surface area contributed by atoms with Crippen LogP contribution in [0.4, 0.5) is 4.79 Å². The third-order valence-corrected chi connectivity index (χ3v) is 2.60. The minimum absolute atomic E-state index is 0.105. The molecule has 0 N–H and O–H groups in total. The van der Waals surface area contributed by atoms with E-state index in [2.05, 4.69) is 4.74 Å². The van der Waals surface area contributed by atoms with E-state index in [1.54, 1.807) is 4.90 Å². The molecule has 0 aliphatic carbocycles. The van der Waals surface area contributed by atoms with Gasteiger partial charge in [-0.15, -0.1) is 0 Å². The van der Waals surface area contributed by atoms with Crippen LogP contribution >= 0.6 is 0 Å². The number of carbonyl (C=O) groups is 2. The highest BCUT2D eigenvalue weighted by molar-refractivity contribution is 5.88. The molecule has 4 nitrogen and oxygen atoms in total. The topological polar surface area (TPSA) is 46.6 Å². The molecule has 0 bridgehead atoms. The highest BCUT2D eigenvalue weighted by atomic mass is 16.6. The van der Waals surface area contributed by atoms with Crippen LogP contribution in [0.15, 0.2) is 0 Å². The fourth-order valence-corrected chi connectivity index (χ4v) is 1.99. The average molecular weight is 169 g/mol. The van der Waals surface area contributed by atoms with E-state index in [-0.39, 0.29) is 18.1 Å². The Morgan fingerprint density at radius 1 is 1.42 bits per heavy atom. The molecule has 0 saturated carbocycles. The van der Waals surface area contributed by atoms with Crippen LogP contribution in [-0.4, -0.2) is 29.0 Å². The van der Waals surface area contributed by atoms with Crippen molar-refractivity contribution in [2.75, 3.05) is 0 Å². The molecule has 0 aromatic rings. The normalized spacial score (nSPS) is 34.9. The lowest BCUT2D eigenvalue weighted by molar-refractivity contribution is -0.143. The number of hydrogen-bond acceptors (Lipinski definition) is 3. The number of fused-ring (bicyclic) bond motifs is 1. The molecule has 0 aromatic heterocycles. The Kier molecular flexibility index (Phi) is 1.56. The lowest BCUT2D eigenvalue weighted by Gasteiger charge is -2.30. The molecule has 0 radical (unpaired) electrons. The molecule has 0 unspecified atom stereocenters. The van der Waals surface area contributed by atoms with Gasteiger partial charge in [-0.3, -0.25) is 4.79 Å². The molecule has 0 spiro atoms. The molecule has 2 aliphatic heterocycles. The third kappa shape index (κ3) is 0.983. The van der Waals surface area contributed by atoms with Crippen LogP contribution in [0.3, 0.4) is 0 Å². The van der Waals surface area contributed by atoms with E-state index >= 15 is 0 Å². The van der Waals surface area contributed by atoms with E-state index < -0.39 is 6.09 Å². The van der Waals surface area contributed by atoms with Gasteiger partial charge < -0.3 is 9.64 Å². The summed E-state index contributed by atoms with van der Waals surface area (Å²) < 4.78 is 4.52. The lowest BCUT2D eigenvalue weighted by atomic mass is 10.1. The largest absolute Gasteiger partial charge is 0.418 e. The van der Waals surface area contributed by atoms with Crippen LogP contribution in [0, 0.1) is 0 Å². The summed E-state index contributed by atoms with van der Waals surface area (Å²) in [5.74, 6) is -0.379. The van der Waals surface area contributed by atoms with Crippen molar-refractivity contribution < 1.29 is 14.3 Å². The lowest BCUT2D eigenvalue weighted by Crippen LogP contribution is -2.46. The van der Waals surface area contributed by atoms with Crippen LogP contribution < -0.4 is 0 Å². The van der Waals surface area contributed by atoms with Crippen molar-refractivity contribution in [2.45, 2.75) is 38.3 Å². The molecular formula is C8H11NO3. The van der Waals surface area contributed by atoms with Gasteiger partial charge in [-0.2, -0.15) is 0 Å². The first-order valence-corrected chi connectivity index (χ1v) is 4.21. The molecule has 12 heavy (non-hydrogen) atoms. The quantitative estimate of drug-likeness (QED) is 0.400. The van der Waals surface area contributed by atoms with Crippen molar-refractivity contribution >= 4 is 12.1 Å². The van der Waals surface area contributed by atoms with Gasteiger partial charge in [0.2, 0.25) is 0 Å². The summed E-state index contributed by atoms with van der Waals surface area (Å²) in [6.07, 6.45) is 1.83. The van der Waals surface area contributed by atoms with Crippen LogP contribution in [0.5, 0.6) is 0 Å². The van der Waals surface area contributed by atoms with E-state index in [4.69, 9.17) is 0 Å².